The molecule has 2 aromatic rings. The van der Waals surface area contributed by atoms with E-state index in [4.69, 9.17) is 11.6 Å². The first-order chi connectivity index (χ1) is 10.6. The summed E-state index contributed by atoms with van der Waals surface area (Å²) in [4.78, 5) is 26.9. The molecule has 0 aliphatic carbocycles. The van der Waals surface area contributed by atoms with E-state index in [0.29, 0.717) is 23.8 Å². The molecule has 0 aliphatic heterocycles. The summed E-state index contributed by atoms with van der Waals surface area (Å²) >= 11 is 7.60. The molecule has 0 atom stereocenters. The Morgan fingerprint density at radius 3 is 2.68 bits per heavy atom. The first-order valence-electron chi connectivity index (χ1n) is 6.76. The molecule has 0 saturated heterocycles. The number of nitrogens with one attached hydrogen (secondary N) is 2. The van der Waals surface area contributed by atoms with Crippen molar-refractivity contribution in [2.24, 2.45) is 0 Å². The lowest BCUT2D eigenvalue weighted by Crippen LogP contribution is -2.34. The van der Waals surface area contributed by atoms with Gasteiger partial charge in [0.15, 0.2) is 0 Å². The molecule has 0 spiro atoms. The van der Waals surface area contributed by atoms with E-state index in [1.165, 1.54) is 18.3 Å². The summed E-state index contributed by atoms with van der Waals surface area (Å²) < 4.78 is 0. The van der Waals surface area contributed by atoms with E-state index in [1.54, 1.807) is 0 Å². The first-order valence-corrected chi connectivity index (χ1v) is 8.02. The summed E-state index contributed by atoms with van der Waals surface area (Å²) in [5.41, 5.74) is 1.57. The number of nitrogens with zero attached hydrogens (tertiary/aromatic N) is 1. The maximum atomic E-state index is 11.8. The number of benzene rings is 1. The van der Waals surface area contributed by atoms with Gasteiger partial charge >= 0.3 is 0 Å². The van der Waals surface area contributed by atoms with Gasteiger partial charge < -0.3 is 10.6 Å². The second-order valence-electron chi connectivity index (χ2n) is 4.63. The maximum Gasteiger partial charge on any atom is 0.226 e. The molecule has 0 fully saturated rings. The van der Waals surface area contributed by atoms with Crippen molar-refractivity contribution in [1.82, 2.24) is 15.6 Å². The molecular weight excluding hydrogens is 322 g/mol. The second kappa shape index (κ2) is 7.91. The van der Waals surface area contributed by atoms with Gasteiger partial charge in [-0.15, -0.1) is 11.3 Å². The average molecular weight is 338 g/mol. The lowest BCUT2D eigenvalue weighted by molar-refractivity contribution is -0.121. The molecule has 2 N–H and O–H groups in total. The highest BCUT2D eigenvalue weighted by Crippen LogP contribution is 2.30. The Kier molecular flexibility index (Phi) is 5.91. The molecule has 0 bridgehead atoms. The third-order valence-electron chi connectivity index (χ3n) is 2.82. The zero-order chi connectivity index (χ0) is 15.9. The third-order valence-corrected chi connectivity index (χ3v) is 4.07. The second-order valence-corrected chi connectivity index (χ2v) is 5.90. The smallest absolute Gasteiger partial charge is 0.226 e. The van der Waals surface area contributed by atoms with Gasteiger partial charge in [-0.2, -0.15) is 0 Å². The van der Waals surface area contributed by atoms with E-state index >= 15 is 0 Å². The van der Waals surface area contributed by atoms with Crippen LogP contribution in [0.1, 0.15) is 12.6 Å². The molecule has 22 heavy (non-hydrogen) atoms. The van der Waals surface area contributed by atoms with E-state index in [9.17, 15) is 9.59 Å². The zero-order valence-electron chi connectivity index (χ0n) is 12.1. The highest BCUT2D eigenvalue weighted by molar-refractivity contribution is 7.13. The van der Waals surface area contributed by atoms with Crippen molar-refractivity contribution in [2.75, 3.05) is 13.1 Å². The monoisotopic (exact) mass is 337 g/mol. The SMILES string of the molecule is CC(=O)NCCNC(=O)Cc1csc(-c2ccccc2Cl)n1. The van der Waals surface area contributed by atoms with Crippen LogP contribution in [0, 0.1) is 0 Å². The topological polar surface area (TPSA) is 71.1 Å². The lowest BCUT2D eigenvalue weighted by Gasteiger charge is -2.04. The van der Waals surface area contributed by atoms with Crippen molar-refractivity contribution in [1.29, 1.82) is 0 Å². The highest BCUT2D eigenvalue weighted by atomic mass is 35.5. The number of amides is 2. The molecule has 1 aromatic heterocycles. The minimum absolute atomic E-state index is 0.113. The predicted molar refractivity (Wildman–Crippen MR) is 88.0 cm³/mol. The molecule has 0 aliphatic rings. The van der Waals surface area contributed by atoms with Crippen molar-refractivity contribution in [3.63, 3.8) is 0 Å². The molecular formula is C15H16ClN3O2S. The summed E-state index contributed by atoms with van der Waals surface area (Å²) in [5.74, 6) is -0.237. The van der Waals surface area contributed by atoms with Crippen LogP contribution in [0.25, 0.3) is 10.6 Å². The maximum absolute atomic E-state index is 11.8. The van der Waals surface area contributed by atoms with Gasteiger partial charge in [-0.1, -0.05) is 29.8 Å². The van der Waals surface area contributed by atoms with Crippen molar-refractivity contribution in [3.05, 3.63) is 40.4 Å². The van der Waals surface area contributed by atoms with Crippen LogP contribution in [0.2, 0.25) is 5.02 Å². The molecule has 116 valence electrons. The van der Waals surface area contributed by atoms with Crippen LogP contribution >= 0.6 is 22.9 Å². The van der Waals surface area contributed by atoms with Crippen LogP contribution in [-0.2, 0) is 16.0 Å². The summed E-state index contributed by atoms with van der Waals surface area (Å²) in [6.07, 6.45) is 0.209. The van der Waals surface area contributed by atoms with Crippen LogP contribution < -0.4 is 10.6 Å². The van der Waals surface area contributed by atoms with Crippen LogP contribution in [0.3, 0.4) is 0 Å². The molecule has 1 aromatic carbocycles. The largest absolute Gasteiger partial charge is 0.355 e. The fraction of sp³-hybridized carbons (Fsp3) is 0.267. The standard InChI is InChI=1S/C15H16ClN3O2S/c1-10(20)17-6-7-18-14(21)8-11-9-22-15(19-11)12-4-2-3-5-13(12)16/h2-5,9H,6-8H2,1H3,(H,17,20)(H,18,21). The molecule has 0 saturated carbocycles. The molecule has 1 heterocycles. The third kappa shape index (κ3) is 4.82. The highest BCUT2D eigenvalue weighted by Gasteiger charge is 2.10. The summed E-state index contributed by atoms with van der Waals surface area (Å²) in [5, 5.41) is 8.64. The van der Waals surface area contributed by atoms with E-state index in [-0.39, 0.29) is 18.2 Å². The van der Waals surface area contributed by atoms with Gasteiger partial charge in [0, 0.05) is 31.0 Å². The number of rotatable bonds is 6. The lowest BCUT2D eigenvalue weighted by atomic mass is 10.2. The number of thiazole rings is 1. The van der Waals surface area contributed by atoms with Crippen molar-refractivity contribution in [3.8, 4) is 10.6 Å². The van der Waals surface area contributed by atoms with Gasteiger partial charge in [-0.3, -0.25) is 9.59 Å². The summed E-state index contributed by atoms with van der Waals surface area (Å²) in [6.45, 7) is 2.26. The molecule has 0 unspecified atom stereocenters. The van der Waals surface area contributed by atoms with Gasteiger partial charge in [-0.25, -0.2) is 4.98 Å². The fourth-order valence-corrected chi connectivity index (χ4v) is 2.95. The Morgan fingerprint density at radius 2 is 1.95 bits per heavy atom. The molecule has 7 heteroatoms. The Morgan fingerprint density at radius 1 is 1.23 bits per heavy atom. The number of hydrogen-bond donors (Lipinski definition) is 2. The number of carbonyl (C=O) groups excluding carboxylic acids is 2. The van der Waals surface area contributed by atoms with E-state index in [0.717, 1.165) is 10.6 Å². The summed E-state index contributed by atoms with van der Waals surface area (Å²) in [6, 6.07) is 7.48. The van der Waals surface area contributed by atoms with Crippen molar-refractivity contribution in [2.45, 2.75) is 13.3 Å². The van der Waals surface area contributed by atoms with Crippen molar-refractivity contribution < 1.29 is 9.59 Å². The van der Waals surface area contributed by atoms with Crippen LogP contribution in [-0.4, -0.2) is 29.9 Å². The van der Waals surface area contributed by atoms with Crippen LogP contribution in [0.5, 0.6) is 0 Å². The minimum Gasteiger partial charge on any atom is -0.355 e. The average Bonchev–Trinajstić information content (AvgIpc) is 2.92. The van der Waals surface area contributed by atoms with Gasteiger partial charge in [0.05, 0.1) is 17.1 Å². The van der Waals surface area contributed by atoms with Crippen LogP contribution in [0.15, 0.2) is 29.6 Å². The quantitative estimate of drug-likeness (QED) is 0.794. The van der Waals surface area contributed by atoms with E-state index < -0.39 is 0 Å². The van der Waals surface area contributed by atoms with Crippen molar-refractivity contribution >= 4 is 34.8 Å². The Balaban J connectivity index is 1.88. The van der Waals surface area contributed by atoms with E-state index in [2.05, 4.69) is 15.6 Å². The number of aromatic nitrogens is 1. The molecule has 2 amide bonds. The normalized spacial score (nSPS) is 10.3. The number of hydrogen-bond acceptors (Lipinski definition) is 4. The number of carbonyl (C=O) groups is 2. The van der Waals surface area contributed by atoms with Crippen LogP contribution in [0.4, 0.5) is 0 Å². The van der Waals surface area contributed by atoms with E-state index in [1.807, 2.05) is 29.6 Å². The Labute approximate surface area is 137 Å². The zero-order valence-corrected chi connectivity index (χ0v) is 13.6. The molecule has 2 rings (SSSR count). The van der Waals surface area contributed by atoms with Gasteiger partial charge in [0.2, 0.25) is 11.8 Å². The van der Waals surface area contributed by atoms with Gasteiger partial charge in [0.25, 0.3) is 0 Å². The molecule has 5 nitrogen and oxygen atoms in total. The first kappa shape index (κ1) is 16.5. The Hall–Kier alpha value is -1.92. The van der Waals surface area contributed by atoms with Gasteiger partial charge in [0.1, 0.15) is 5.01 Å². The minimum atomic E-state index is -0.124. The molecule has 0 radical (unpaired) electrons. The fourth-order valence-electron chi connectivity index (χ4n) is 1.81. The Bertz CT molecular complexity index is 672. The predicted octanol–water partition coefficient (Wildman–Crippen LogP) is 2.26. The summed E-state index contributed by atoms with van der Waals surface area (Å²) in [7, 11) is 0. The van der Waals surface area contributed by atoms with Gasteiger partial charge in [-0.05, 0) is 6.07 Å². The number of halogens is 1.